The van der Waals surface area contributed by atoms with E-state index < -0.39 is 0 Å². The summed E-state index contributed by atoms with van der Waals surface area (Å²) in [7, 11) is 0. The third-order valence-electron chi connectivity index (χ3n) is 6.85. The van der Waals surface area contributed by atoms with E-state index in [0.717, 1.165) is 50.1 Å². The van der Waals surface area contributed by atoms with Gasteiger partial charge < -0.3 is 15.0 Å². The van der Waals surface area contributed by atoms with E-state index >= 15 is 0 Å². The second-order valence-electron chi connectivity index (χ2n) is 10.1. The van der Waals surface area contributed by atoms with Gasteiger partial charge in [-0.05, 0) is 92.7 Å². The van der Waals surface area contributed by atoms with E-state index in [-0.39, 0.29) is 23.8 Å². The summed E-state index contributed by atoms with van der Waals surface area (Å²) in [6.45, 7) is 16.4. The number of hydrogen-bond donors (Lipinski definition) is 1. The van der Waals surface area contributed by atoms with Crippen molar-refractivity contribution in [2.24, 2.45) is 5.92 Å². The number of rotatable bonds is 11. The highest BCUT2D eigenvalue weighted by atomic mass is 35.5. The average Bonchev–Trinajstić information content (AvgIpc) is 2.95. The molecule has 4 nitrogen and oxygen atoms in total. The summed E-state index contributed by atoms with van der Waals surface area (Å²) in [5, 5.41) is 3.71. The molecule has 1 saturated heterocycles. The highest BCUT2D eigenvalue weighted by Gasteiger charge is 2.23. The number of amides is 1. The fourth-order valence-electron chi connectivity index (χ4n) is 4.51. The van der Waals surface area contributed by atoms with Crippen molar-refractivity contribution >= 4 is 23.2 Å². The average molecular weight is 555 g/mol. The van der Waals surface area contributed by atoms with Crippen LogP contribution in [0.3, 0.4) is 0 Å². The standard InChI is InChI=1S/C31H40ClFN2O2.C2H4/c1-5-28(33)14-9-23(4)37-30(25-10-12-27(32)13-11-25)17-20-35-18-15-24(16-19-35)26-7-6-8-29(21-26)34-31(36)22(2)3;1-2/h6-14,21-22,24,30H,5,15-20H2,1-4H3,(H,34,36);1-2H2/b23-9+,28-14+;. The molecule has 1 unspecified atom stereocenters. The molecule has 0 aromatic heterocycles. The first-order valence-corrected chi connectivity index (χ1v) is 14.2. The van der Waals surface area contributed by atoms with Gasteiger partial charge in [-0.25, -0.2) is 4.39 Å². The summed E-state index contributed by atoms with van der Waals surface area (Å²) in [6.07, 6.45) is 6.39. The van der Waals surface area contributed by atoms with Crippen LogP contribution in [0.1, 0.15) is 76.5 Å². The second kappa shape index (κ2) is 16.9. The Bertz CT molecular complexity index is 1090. The van der Waals surface area contributed by atoms with Crippen LogP contribution in [0.5, 0.6) is 0 Å². The molecule has 0 saturated carbocycles. The van der Waals surface area contributed by atoms with Crippen molar-refractivity contribution in [3.05, 3.63) is 102 Å². The van der Waals surface area contributed by atoms with Crippen LogP contribution < -0.4 is 5.32 Å². The van der Waals surface area contributed by atoms with Gasteiger partial charge in [0.1, 0.15) is 6.10 Å². The number of ether oxygens (including phenoxy) is 1. The van der Waals surface area contributed by atoms with Crippen LogP contribution in [0.2, 0.25) is 5.02 Å². The molecule has 6 heteroatoms. The lowest BCUT2D eigenvalue weighted by Gasteiger charge is -2.33. The van der Waals surface area contributed by atoms with E-state index in [0.29, 0.717) is 23.1 Å². The van der Waals surface area contributed by atoms with Crippen molar-refractivity contribution in [1.82, 2.24) is 4.90 Å². The lowest BCUT2D eigenvalue weighted by Crippen LogP contribution is -2.34. The lowest BCUT2D eigenvalue weighted by molar-refractivity contribution is -0.118. The maximum absolute atomic E-state index is 13.6. The van der Waals surface area contributed by atoms with Gasteiger partial charge >= 0.3 is 0 Å². The number of hydrogen-bond acceptors (Lipinski definition) is 3. The topological polar surface area (TPSA) is 41.6 Å². The first-order chi connectivity index (χ1) is 18.7. The summed E-state index contributed by atoms with van der Waals surface area (Å²) < 4.78 is 19.8. The van der Waals surface area contributed by atoms with Gasteiger partial charge in [0.2, 0.25) is 5.91 Å². The number of carbonyl (C=O) groups is 1. The Balaban J connectivity index is 0.00000260. The molecule has 3 rings (SSSR count). The minimum atomic E-state index is -0.165. The molecule has 1 atom stereocenters. The Morgan fingerprint density at radius 2 is 1.82 bits per heavy atom. The molecule has 0 spiro atoms. The first kappa shape index (κ1) is 32.3. The van der Waals surface area contributed by atoms with Crippen LogP contribution in [0.15, 0.2) is 85.4 Å². The van der Waals surface area contributed by atoms with Gasteiger partial charge in [0.15, 0.2) is 0 Å². The van der Waals surface area contributed by atoms with E-state index in [1.165, 1.54) is 11.6 Å². The van der Waals surface area contributed by atoms with Crippen molar-refractivity contribution in [3.63, 3.8) is 0 Å². The minimum Gasteiger partial charge on any atom is -0.490 e. The SMILES string of the molecule is C=C.CC/C(F)=C\C=C(/C)OC(CCN1CCC(c2cccc(NC(=O)C(C)C)c2)CC1)c1ccc(Cl)cc1. The van der Waals surface area contributed by atoms with E-state index in [1.807, 2.05) is 57.2 Å². The number of nitrogens with one attached hydrogen (secondary N) is 1. The predicted octanol–water partition coefficient (Wildman–Crippen LogP) is 9.23. The van der Waals surface area contributed by atoms with Crippen LogP contribution in [0.4, 0.5) is 10.1 Å². The number of allylic oxidation sites excluding steroid dienone is 4. The summed E-state index contributed by atoms with van der Waals surface area (Å²) in [5.74, 6) is 1.01. The van der Waals surface area contributed by atoms with Crippen LogP contribution in [-0.4, -0.2) is 30.4 Å². The number of carbonyl (C=O) groups excluding carboxylic acids is 1. The molecule has 1 heterocycles. The van der Waals surface area contributed by atoms with Crippen LogP contribution in [-0.2, 0) is 9.53 Å². The Morgan fingerprint density at radius 3 is 2.44 bits per heavy atom. The van der Waals surface area contributed by atoms with Gasteiger partial charge in [0.25, 0.3) is 0 Å². The van der Waals surface area contributed by atoms with Gasteiger partial charge in [-0.3, -0.25) is 4.79 Å². The molecule has 1 fully saturated rings. The number of nitrogens with zero attached hydrogens (tertiary/aromatic N) is 1. The third kappa shape index (κ3) is 11.0. The fourth-order valence-corrected chi connectivity index (χ4v) is 4.63. The van der Waals surface area contributed by atoms with Crippen LogP contribution in [0.25, 0.3) is 0 Å². The van der Waals surface area contributed by atoms with Crippen molar-refractivity contribution in [2.45, 2.75) is 65.4 Å². The zero-order valence-electron chi connectivity index (χ0n) is 23.9. The highest BCUT2D eigenvalue weighted by Crippen LogP contribution is 2.31. The fraction of sp³-hybridized carbons (Fsp3) is 0.424. The maximum Gasteiger partial charge on any atom is 0.226 e. The number of halogens is 2. The van der Waals surface area contributed by atoms with Crippen molar-refractivity contribution in [3.8, 4) is 0 Å². The smallest absolute Gasteiger partial charge is 0.226 e. The molecule has 2 aromatic carbocycles. The summed E-state index contributed by atoms with van der Waals surface area (Å²) in [5.41, 5.74) is 3.22. The molecule has 0 radical (unpaired) electrons. The highest BCUT2D eigenvalue weighted by molar-refractivity contribution is 6.30. The Morgan fingerprint density at radius 1 is 1.15 bits per heavy atom. The van der Waals surface area contributed by atoms with Gasteiger partial charge in [0, 0.05) is 29.6 Å². The number of benzene rings is 2. The molecule has 39 heavy (non-hydrogen) atoms. The second-order valence-corrected chi connectivity index (χ2v) is 10.5. The van der Waals surface area contributed by atoms with Gasteiger partial charge in [-0.2, -0.15) is 0 Å². The minimum absolute atomic E-state index is 0.0409. The molecule has 1 amide bonds. The molecule has 1 aliphatic heterocycles. The molecule has 212 valence electrons. The Labute approximate surface area is 239 Å². The third-order valence-corrected chi connectivity index (χ3v) is 7.10. The van der Waals surface area contributed by atoms with Crippen molar-refractivity contribution in [2.75, 3.05) is 25.0 Å². The van der Waals surface area contributed by atoms with Crippen LogP contribution in [0, 0.1) is 5.92 Å². The normalized spacial score (nSPS) is 15.9. The van der Waals surface area contributed by atoms with Crippen molar-refractivity contribution in [1.29, 1.82) is 0 Å². The first-order valence-electron chi connectivity index (χ1n) is 13.8. The van der Waals surface area contributed by atoms with E-state index in [1.54, 1.807) is 13.0 Å². The van der Waals surface area contributed by atoms with E-state index in [9.17, 15) is 9.18 Å². The molecular formula is C33H44ClFN2O2. The Kier molecular flexibility index (Phi) is 14.0. The molecule has 2 aromatic rings. The van der Waals surface area contributed by atoms with Gasteiger partial charge in [0.05, 0.1) is 11.6 Å². The summed E-state index contributed by atoms with van der Waals surface area (Å²) >= 11 is 6.10. The molecular weight excluding hydrogens is 511 g/mol. The lowest BCUT2D eigenvalue weighted by atomic mass is 9.89. The zero-order valence-corrected chi connectivity index (χ0v) is 24.6. The molecule has 1 aliphatic rings. The number of piperidine rings is 1. The molecule has 0 aliphatic carbocycles. The largest absolute Gasteiger partial charge is 0.490 e. The zero-order chi connectivity index (χ0) is 28.8. The number of anilines is 1. The monoisotopic (exact) mass is 554 g/mol. The van der Waals surface area contributed by atoms with Gasteiger partial charge in [-0.15, -0.1) is 13.2 Å². The molecule has 0 bridgehead atoms. The van der Waals surface area contributed by atoms with Crippen molar-refractivity contribution < 1.29 is 13.9 Å². The van der Waals surface area contributed by atoms with E-state index in [2.05, 4.69) is 35.5 Å². The predicted molar refractivity (Wildman–Crippen MR) is 163 cm³/mol. The quantitative estimate of drug-likeness (QED) is 0.171. The maximum atomic E-state index is 13.6. The molecule has 1 N–H and O–H groups in total. The number of likely N-dealkylation sites (tertiary alicyclic amines) is 1. The van der Waals surface area contributed by atoms with Crippen LogP contribution >= 0.6 is 11.6 Å². The van der Waals surface area contributed by atoms with Gasteiger partial charge in [-0.1, -0.05) is 56.6 Å². The van der Waals surface area contributed by atoms with E-state index in [4.69, 9.17) is 16.3 Å². The summed E-state index contributed by atoms with van der Waals surface area (Å²) in [6, 6.07) is 16.0. The Hall–Kier alpha value is -2.89. The summed E-state index contributed by atoms with van der Waals surface area (Å²) in [4.78, 5) is 14.6.